The highest BCUT2D eigenvalue weighted by Crippen LogP contribution is 2.37. The summed E-state index contributed by atoms with van der Waals surface area (Å²) in [6.07, 6.45) is 2.70. The third-order valence-electron chi connectivity index (χ3n) is 3.72. The van der Waals surface area contributed by atoms with E-state index in [1.165, 1.54) is 11.3 Å². The van der Waals surface area contributed by atoms with Gasteiger partial charge in [-0.05, 0) is 36.2 Å². The molecule has 2 aromatic carbocycles. The molecule has 20 heavy (non-hydrogen) atoms. The zero-order valence-electron chi connectivity index (χ0n) is 10.8. The zero-order chi connectivity index (χ0) is 13.5. The predicted molar refractivity (Wildman–Crippen MR) is 84.4 cm³/mol. The molecule has 4 heteroatoms. The monoisotopic (exact) mass is 325 g/mol. The van der Waals surface area contributed by atoms with E-state index < -0.39 is 0 Å². The second-order valence-corrected chi connectivity index (χ2v) is 5.80. The van der Waals surface area contributed by atoms with Crippen LogP contribution in [0.25, 0.3) is 10.9 Å². The molecule has 0 saturated carbocycles. The van der Waals surface area contributed by atoms with Gasteiger partial charge in [0.05, 0.1) is 5.52 Å². The fourth-order valence-electron chi connectivity index (χ4n) is 2.78. The van der Waals surface area contributed by atoms with E-state index in [0.29, 0.717) is 0 Å². The van der Waals surface area contributed by atoms with Gasteiger partial charge in [0.1, 0.15) is 12.1 Å². The van der Waals surface area contributed by atoms with E-state index in [1.807, 2.05) is 18.2 Å². The zero-order valence-corrected chi connectivity index (χ0v) is 12.3. The van der Waals surface area contributed by atoms with Gasteiger partial charge in [0, 0.05) is 22.1 Å². The topological polar surface area (TPSA) is 29.0 Å². The minimum atomic E-state index is 0.965. The van der Waals surface area contributed by atoms with Crippen molar-refractivity contribution in [3.63, 3.8) is 0 Å². The SMILES string of the molecule is Brc1ccc2c(c1)N(c1ncnc3ccccc13)CC2. The smallest absolute Gasteiger partial charge is 0.144 e. The number of anilines is 2. The quantitative estimate of drug-likeness (QED) is 0.674. The molecule has 0 saturated heterocycles. The van der Waals surface area contributed by atoms with Crippen LogP contribution in [0.2, 0.25) is 0 Å². The Hall–Kier alpha value is -1.94. The fourth-order valence-corrected chi connectivity index (χ4v) is 3.13. The van der Waals surface area contributed by atoms with Gasteiger partial charge in [-0.15, -0.1) is 0 Å². The second kappa shape index (κ2) is 4.56. The number of rotatable bonds is 1. The predicted octanol–water partition coefficient (Wildman–Crippen LogP) is 4.09. The van der Waals surface area contributed by atoms with E-state index >= 15 is 0 Å². The molecule has 4 rings (SSSR count). The summed E-state index contributed by atoms with van der Waals surface area (Å²) in [5.74, 6) is 0.993. The highest BCUT2D eigenvalue weighted by molar-refractivity contribution is 9.10. The van der Waals surface area contributed by atoms with Crippen molar-refractivity contribution in [1.29, 1.82) is 0 Å². The number of hydrogen-bond acceptors (Lipinski definition) is 3. The van der Waals surface area contributed by atoms with E-state index in [-0.39, 0.29) is 0 Å². The molecule has 98 valence electrons. The Bertz CT molecular complexity index is 795. The Labute approximate surface area is 125 Å². The first-order valence-electron chi connectivity index (χ1n) is 6.58. The van der Waals surface area contributed by atoms with Crippen molar-refractivity contribution in [2.45, 2.75) is 6.42 Å². The molecule has 1 aliphatic heterocycles. The van der Waals surface area contributed by atoms with Gasteiger partial charge in [0.15, 0.2) is 0 Å². The van der Waals surface area contributed by atoms with Crippen LogP contribution in [0, 0.1) is 0 Å². The van der Waals surface area contributed by atoms with Crippen LogP contribution in [0.4, 0.5) is 11.5 Å². The average Bonchev–Trinajstić information content (AvgIpc) is 2.89. The van der Waals surface area contributed by atoms with E-state index in [9.17, 15) is 0 Å². The molecule has 0 bridgehead atoms. The number of aromatic nitrogens is 2. The van der Waals surface area contributed by atoms with Crippen LogP contribution in [0.3, 0.4) is 0 Å². The Balaban J connectivity index is 1.92. The molecule has 0 unspecified atom stereocenters. The Morgan fingerprint density at radius 1 is 1.05 bits per heavy atom. The number of fused-ring (bicyclic) bond motifs is 2. The summed E-state index contributed by atoms with van der Waals surface area (Å²) in [4.78, 5) is 11.1. The van der Waals surface area contributed by atoms with E-state index in [2.05, 4.69) is 55.1 Å². The highest BCUT2D eigenvalue weighted by Gasteiger charge is 2.23. The lowest BCUT2D eigenvalue weighted by Crippen LogP contribution is -2.15. The van der Waals surface area contributed by atoms with E-state index in [0.717, 1.165) is 34.2 Å². The largest absolute Gasteiger partial charge is 0.325 e. The Kier molecular flexibility index (Phi) is 2.70. The minimum Gasteiger partial charge on any atom is -0.325 e. The molecule has 3 nitrogen and oxygen atoms in total. The van der Waals surface area contributed by atoms with E-state index in [1.54, 1.807) is 6.33 Å². The molecular formula is C16H12BrN3. The van der Waals surface area contributed by atoms with Gasteiger partial charge >= 0.3 is 0 Å². The fraction of sp³-hybridized carbons (Fsp3) is 0.125. The van der Waals surface area contributed by atoms with Crippen LogP contribution in [0.15, 0.2) is 53.3 Å². The highest BCUT2D eigenvalue weighted by atomic mass is 79.9. The summed E-state index contributed by atoms with van der Waals surface area (Å²) in [7, 11) is 0. The van der Waals surface area contributed by atoms with Gasteiger partial charge in [-0.2, -0.15) is 0 Å². The van der Waals surface area contributed by atoms with Crippen molar-refractivity contribution in [3.05, 3.63) is 58.8 Å². The molecular weight excluding hydrogens is 314 g/mol. The Morgan fingerprint density at radius 2 is 1.95 bits per heavy atom. The van der Waals surface area contributed by atoms with Crippen molar-refractivity contribution in [3.8, 4) is 0 Å². The van der Waals surface area contributed by atoms with Gasteiger partial charge in [-0.25, -0.2) is 9.97 Å². The Morgan fingerprint density at radius 3 is 2.90 bits per heavy atom. The second-order valence-electron chi connectivity index (χ2n) is 4.89. The van der Waals surface area contributed by atoms with Crippen molar-refractivity contribution in [1.82, 2.24) is 9.97 Å². The molecule has 1 aliphatic rings. The van der Waals surface area contributed by atoms with Gasteiger partial charge in [-0.3, -0.25) is 0 Å². The van der Waals surface area contributed by atoms with Gasteiger partial charge in [-0.1, -0.05) is 34.1 Å². The first kappa shape index (κ1) is 11.9. The minimum absolute atomic E-state index is 0.965. The lowest BCUT2D eigenvalue weighted by Gasteiger charge is -2.20. The molecule has 3 aromatic rings. The summed E-state index contributed by atoms with van der Waals surface area (Å²) in [5.41, 5.74) is 3.60. The first-order chi connectivity index (χ1) is 9.83. The standard InChI is InChI=1S/C16H12BrN3/c17-12-6-5-11-7-8-20(15(11)9-12)16-13-3-1-2-4-14(13)18-10-19-16/h1-6,9-10H,7-8H2. The number of hydrogen-bond donors (Lipinski definition) is 0. The normalized spacial score (nSPS) is 13.8. The van der Waals surface area contributed by atoms with Crippen LogP contribution in [-0.2, 0) is 6.42 Å². The molecule has 0 spiro atoms. The first-order valence-corrected chi connectivity index (χ1v) is 7.38. The number of para-hydroxylation sites is 1. The summed E-state index contributed by atoms with van der Waals surface area (Å²) in [6.45, 7) is 0.965. The summed E-state index contributed by atoms with van der Waals surface area (Å²) in [6, 6.07) is 14.6. The van der Waals surface area contributed by atoms with Crippen molar-refractivity contribution in [2.24, 2.45) is 0 Å². The molecule has 1 aromatic heterocycles. The van der Waals surface area contributed by atoms with Crippen molar-refractivity contribution in [2.75, 3.05) is 11.4 Å². The average molecular weight is 326 g/mol. The maximum absolute atomic E-state index is 4.52. The molecule has 0 fully saturated rings. The summed E-state index contributed by atoms with van der Waals surface area (Å²) < 4.78 is 1.10. The maximum atomic E-state index is 4.52. The lowest BCUT2D eigenvalue weighted by molar-refractivity contribution is 0.974. The van der Waals surface area contributed by atoms with Gasteiger partial charge in [0.25, 0.3) is 0 Å². The van der Waals surface area contributed by atoms with Gasteiger partial charge < -0.3 is 4.90 Å². The number of halogens is 1. The molecule has 0 radical (unpaired) electrons. The van der Waals surface area contributed by atoms with Crippen molar-refractivity contribution >= 4 is 38.3 Å². The summed E-state index contributed by atoms with van der Waals surface area (Å²) >= 11 is 3.56. The van der Waals surface area contributed by atoms with Crippen LogP contribution in [-0.4, -0.2) is 16.5 Å². The number of nitrogens with zero attached hydrogens (tertiary/aromatic N) is 3. The molecule has 0 atom stereocenters. The van der Waals surface area contributed by atoms with Gasteiger partial charge in [0.2, 0.25) is 0 Å². The molecule has 0 N–H and O–H groups in total. The molecule has 2 heterocycles. The lowest BCUT2D eigenvalue weighted by atomic mass is 10.2. The molecule has 0 amide bonds. The van der Waals surface area contributed by atoms with Crippen molar-refractivity contribution < 1.29 is 0 Å². The van der Waals surface area contributed by atoms with Crippen LogP contribution in [0.1, 0.15) is 5.56 Å². The van der Waals surface area contributed by atoms with Crippen LogP contribution < -0.4 is 4.90 Å². The maximum Gasteiger partial charge on any atom is 0.144 e. The molecule has 0 aliphatic carbocycles. The third kappa shape index (κ3) is 1.79. The summed E-state index contributed by atoms with van der Waals surface area (Å²) in [5, 5.41) is 1.10. The van der Waals surface area contributed by atoms with Crippen LogP contribution >= 0.6 is 15.9 Å². The third-order valence-corrected chi connectivity index (χ3v) is 4.21. The van der Waals surface area contributed by atoms with E-state index in [4.69, 9.17) is 0 Å². The van der Waals surface area contributed by atoms with Crippen LogP contribution in [0.5, 0.6) is 0 Å². The number of benzene rings is 2.